The number of hydrogen-bond donors (Lipinski definition) is 0. The van der Waals surface area contributed by atoms with Crippen LogP contribution in [-0.4, -0.2) is 56.9 Å². The molecule has 146 valence electrons. The number of piperidine rings is 1. The van der Waals surface area contributed by atoms with Crippen molar-refractivity contribution in [1.82, 2.24) is 9.29 Å². The lowest BCUT2D eigenvalue weighted by atomic mass is 10.1. The van der Waals surface area contributed by atoms with Crippen LogP contribution in [0.5, 0.6) is 5.75 Å². The molecule has 1 aromatic heterocycles. The summed E-state index contributed by atoms with van der Waals surface area (Å²) in [6.45, 7) is 3.76. The van der Waals surface area contributed by atoms with Crippen LogP contribution in [0.1, 0.15) is 17.8 Å². The van der Waals surface area contributed by atoms with Gasteiger partial charge in [0.05, 0.1) is 31.0 Å². The van der Waals surface area contributed by atoms with Gasteiger partial charge in [-0.3, -0.25) is 0 Å². The van der Waals surface area contributed by atoms with Gasteiger partial charge in [-0.1, -0.05) is 0 Å². The minimum Gasteiger partial charge on any atom is -0.495 e. The number of aromatic nitrogens is 1. The maximum atomic E-state index is 13.3. The summed E-state index contributed by atoms with van der Waals surface area (Å²) in [5.74, 6) is -0.282. The van der Waals surface area contributed by atoms with E-state index in [1.165, 1.54) is 22.8 Å². The maximum Gasteiger partial charge on any atom is 0.246 e. The van der Waals surface area contributed by atoms with Gasteiger partial charge >= 0.3 is 0 Å². The minimum atomic E-state index is -3.70. The van der Waals surface area contributed by atoms with Gasteiger partial charge in [-0.05, 0) is 25.1 Å². The van der Waals surface area contributed by atoms with Crippen molar-refractivity contribution in [1.29, 1.82) is 0 Å². The van der Waals surface area contributed by atoms with E-state index in [9.17, 15) is 8.42 Å². The normalized spacial score (nSPS) is 20.2. The zero-order valence-corrected chi connectivity index (χ0v) is 16.9. The van der Waals surface area contributed by atoms with E-state index in [4.69, 9.17) is 14.2 Å². The third-order valence-corrected chi connectivity index (χ3v) is 7.69. The zero-order valence-electron chi connectivity index (χ0n) is 15.3. The van der Waals surface area contributed by atoms with Gasteiger partial charge in [0.1, 0.15) is 10.6 Å². The lowest BCUT2D eigenvalue weighted by Gasteiger charge is -2.37. The number of methoxy groups -OCH3 is 1. The molecule has 0 saturated carbocycles. The van der Waals surface area contributed by atoms with Crippen LogP contribution in [0.15, 0.2) is 28.5 Å². The van der Waals surface area contributed by atoms with Gasteiger partial charge in [-0.2, -0.15) is 4.31 Å². The Balaban J connectivity index is 1.64. The van der Waals surface area contributed by atoms with Crippen molar-refractivity contribution in [3.8, 4) is 17.0 Å². The van der Waals surface area contributed by atoms with E-state index in [0.29, 0.717) is 44.9 Å². The number of ether oxygens (including phenoxy) is 3. The molecule has 1 aromatic carbocycles. The Labute approximate surface area is 162 Å². The number of aryl methyl sites for hydroxylation is 1. The van der Waals surface area contributed by atoms with Gasteiger partial charge in [0.25, 0.3) is 0 Å². The molecule has 0 unspecified atom stereocenters. The fourth-order valence-electron chi connectivity index (χ4n) is 3.53. The van der Waals surface area contributed by atoms with Gasteiger partial charge in [0.2, 0.25) is 10.0 Å². The first-order chi connectivity index (χ1) is 12.9. The number of sulfonamides is 1. The zero-order chi connectivity index (χ0) is 19.1. The van der Waals surface area contributed by atoms with Crippen LogP contribution < -0.4 is 4.74 Å². The molecule has 0 amide bonds. The van der Waals surface area contributed by atoms with Gasteiger partial charge in [-0.15, -0.1) is 11.3 Å². The van der Waals surface area contributed by atoms with E-state index < -0.39 is 15.8 Å². The molecule has 2 aliphatic heterocycles. The Morgan fingerprint density at radius 1 is 1.22 bits per heavy atom. The molecule has 2 aromatic rings. The number of nitrogens with zero attached hydrogens (tertiary/aromatic N) is 2. The van der Waals surface area contributed by atoms with Crippen molar-refractivity contribution < 1.29 is 22.6 Å². The molecule has 1 spiro atoms. The lowest BCUT2D eigenvalue weighted by molar-refractivity contribution is -0.179. The summed E-state index contributed by atoms with van der Waals surface area (Å²) in [6, 6.07) is 5.17. The van der Waals surface area contributed by atoms with Crippen LogP contribution in [0.4, 0.5) is 0 Å². The minimum absolute atomic E-state index is 0.164. The van der Waals surface area contributed by atoms with E-state index >= 15 is 0 Å². The first kappa shape index (κ1) is 18.8. The predicted octanol–water partition coefficient (Wildman–Crippen LogP) is 2.65. The van der Waals surface area contributed by atoms with E-state index in [2.05, 4.69) is 4.98 Å². The number of rotatable bonds is 4. The monoisotopic (exact) mass is 410 g/mol. The summed E-state index contributed by atoms with van der Waals surface area (Å²) in [5, 5.41) is 2.86. The van der Waals surface area contributed by atoms with Gasteiger partial charge in [0, 0.05) is 36.9 Å². The summed E-state index contributed by atoms with van der Waals surface area (Å²) in [5.41, 5.74) is 1.52. The molecule has 7 nitrogen and oxygen atoms in total. The Bertz CT molecular complexity index is 925. The molecule has 2 aliphatic rings. The van der Waals surface area contributed by atoms with Crippen LogP contribution >= 0.6 is 11.3 Å². The third-order valence-electron chi connectivity index (χ3n) is 4.99. The van der Waals surface area contributed by atoms with Crippen molar-refractivity contribution in [2.24, 2.45) is 0 Å². The molecule has 0 N–H and O–H groups in total. The lowest BCUT2D eigenvalue weighted by Crippen LogP contribution is -2.47. The van der Waals surface area contributed by atoms with Crippen LogP contribution in [0.25, 0.3) is 11.3 Å². The van der Waals surface area contributed by atoms with Crippen LogP contribution in [0.3, 0.4) is 0 Å². The van der Waals surface area contributed by atoms with Crippen molar-refractivity contribution in [3.05, 3.63) is 28.6 Å². The molecule has 2 saturated heterocycles. The molecule has 0 aliphatic carbocycles. The average molecular weight is 411 g/mol. The fraction of sp³-hybridized carbons (Fsp3) is 0.500. The Kier molecular flexibility index (Phi) is 4.98. The molecule has 4 rings (SSSR count). The molecule has 3 heterocycles. The summed E-state index contributed by atoms with van der Waals surface area (Å²) in [6.07, 6.45) is 1.05. The van der Waals surface area contributed by atoms with Crippen molar-refractivity contribution in [2.75, 3.05) is 33.4 Å². The van der Waals surface area contributed by atoms with E-state index in [1.807, 2.05) is 18.4 Å². The van der Waals surface area contributed by atoms with E-state index in [0.717, 1.165) is 16.3 Å². The fourth-order valence-corrected chi connectivity index (χ4v) is 5.77. The molecule has 9 heteroatoms. The van der Waals surface area contributed by atoms with Crippen molar-refractivity contribution in [3.63, 3.8) is 0 Å². The maximum absolute atomic E-state index is 13.3. The van der Waals surface area contributed by atoms with E-state index in [-0.39, 0.29) is 4.90 Å². The molecular formula is C18H22N2O5S2. The smallest absolute Gasteiger partial charge is 0.246 e. The average Bonchev–Trinajstić information content (AvgIpc) is 3.31. The van der Waals surface area contributed by atoms with Crippen molar-refractivity contribution >= 4 is 21.4 Å². The Morgan fingerprint density at radius 3 is 2.52 bits per heavy atom. The van der Waals surface area contributed by atoms with Gasteiger partial charge < -0.3 is 14.2 Å². The van der Waals surface area contributed by atoms with Crippen LogP contribution in [0, 0.1) is 6.92 Å². The largest absolute Gasteiger partial charge is 0.495 e. The standard InChI is InChI=1S/C18H22N2O5S2/c1-13-19-15(12-26-13)14-3-4-16(23-2)17(11-14)27(21,22)20-7-5-18(6-8-20)24-9-10-25-18/h3-4,11-12H,5-10H2,1-2H3. The third kappa shape index (κ3) is 3.50. The summed E-state index contributed by atoms with van der Waals surface area (Å²) >= 11 is 1.53. The first-order valence-electron chi connectivity index (χ1n) is 8.82. The number of benzene rings is 1. The molecule has 0 radical (unpaired) electrons. The molecule has 2 fully saturated rings. The molecule has 27 heavy (non-hydrogen) atoms. The number of thiazole rings is 1. The summed E-state index contributed by atoms with van der Waals surface area (Å²) in [7, 11) is -2.22. The molecular weight excluding hydrogens is 388 g/mol. The van der Waals surface area contributed by atoms with Crippen LogP contribution in [0.2, 0.25) is 0 Å². The second kappa shape index (κ2) is 7.14. The van der Waals surface area contributed by atoms with Crippen LogP contribution in [-0.2, 0) is 19.5 Å². The Morgan fingerprint density at radius 2 is 1.93 bits per heavy atom. The summed E-state index contributed by atoms with van der Waals surface area (Å²) in [4.78, 5) is 4.62. The molecule has 0 bridgehead atoms. The van der Waals surface area contributed by atoms with Gasteiger partial charge in [0.15, 0.2) is 5.79 Å². The first-order valence-corrected chi connectivity index (χ1v) is 11.1. The predicted molar refractivity (Wildman–Crippen MR) is 101 cm³/mol. The summed E-state index contributed by atoms with van der Waals surface area (Å²) < 4.78 is 44.8. The highest BCUT2D eigenvalue weighted by Crippen LogP contribution is 2.36. The molecule has 0 atom stereocenters. The second-order valence-electron chi connectivity index (χ2n) is 6.63. The second-order valence-corrected chi connectivity index (χ2v) is 9.60. The SMILES string of the molecule is COc1ccc(-c2csc(C)n2)cc1S(=O)(=O)N1CCC2(CC1)OCCO2. The number of hydrogen-bond acceptors (Lipinski definition) is 7. The van der Waals surface area contributed by atoms with E-state index in [1.54, 1.807) is 12.1 Å². The topological polar surface area (TPSA) is 78.0 Å². The Hall–Kier alpha value is -1.52. The quantitative estimate of drug-likeness (QED) is 0.771. The van der Waals surface area contributed by atoms with Gasteiger partial charge in [-0.25, -0.2) is 13.4 Å². The van der Waals surface area contributed by atoms with Crippen molar-refractivity contribution in [2.45, 2.75) is 30.4 Å². The highest BCUT2D eigenvalue weighted by atomic mass is 32.2. The highest BCUT2D eigenvalue weighted by molar-refractivity contribution is 7.89. The highest BCUT2D eigenvalue weighted by Gasteiger charge is 2.43.